The van der Waals surface area contributed by atoms with Crippen LogP contribution < -0.4 is 0 Å². The summed E-state index contributed by atoms with van der Waals surface area (Å²) in [5.41, 5.74) is 5.76. The molecule has 34 heavy (non-hydrogen) atoms. The molecule has 2 aromatic carbocycles. The summed E-state index contributed by atoms with van der Waals surface area (Å²) in [5, 5.41) is 1.00. The van der Waals surface area contributed by atoms with E-state index in [9.17, 15) is 8.42 Å². The summed E-state index contributed by atoms with van der Waals surface area (Å²) in [5.74, 6) is 1.26. The van der Waals surface area contributed by atoms with E-state index in [1.54, 1.807) is 28.2 Å². The van der Waals surface area contributed by atoms with Crippen molar-refractivity contribution in [1.82, 2.24) is 13.9 Å². The fraction of sp³-hybridized carbons (Fsp3) is 0.519. The molecule has 1 aromatic heterocycles. The first kappa shape index (κ1) is 23.9. The average Bonchev–Trinajstić information content (AvgIpc) is 3.46. The van der Waals surface area contributed by atoms with E-state index in [-0.39, 0.29) is 0 Å². The number of aryl methyl sites for hydroxylation is 2. The number of piperidine rings is 1. The predicted molar refractivity (Wildman–Crippen MR) is 140 cm³/mol. The van der Waals surface area contributed by atoms with Gasteiger partial charge in [-0.1, -0.05) is 49.7 Å². The number of fused-ring (bicyclic) bond motifs is 1. The van der Waals surface area contributed by atoms with Crippen molar-refractivity contribution in [2.24, 2.45) is 5.92 Å². The predicted octanol–water partition coefficient (Wildman–Crippen LogP) is 6.48. The third-order valence-electron chi connectivity index (χ3n) is 7.52. The molecule has 5 nitrogen and oxygen atoms in total. The highest BCUT2D eigenvalue weighted by molar-refractivity contribution is 7.98. The minimum absolute atomic E-state index is 0.371. The Balaban J connectivity index is 1.49. The number of nitrogens with zero attached hydrogens (tertiary/aromatic N) is 3. The van der Waals surface area contributed by atoms with Gasteiger partial charge < -0.3 is 4.57 Å². The zero-order valence-corrected chi connectivity index (χ0v) is 22.1. The van der Waals surface area contributed by atoms with Gasteiger partial charge in [-0.2, -0.15) is 4.31 Å². The summed E-state index contributed by atoms with van der Waals surface area (Å²) in [6.07, 6.45) is 6.83. The number of benzene rings is 2. The van der Waals surface area contributed by atoms with Gasteiger partial charge in [-0.3, -0.25) is 0 Å². The van der Waals surface area contributed by atoms with Gasteiger partial charge >= 0.3 is 0 Å². The van der Waals surface area contributed by atoms with E-state index >= 15 is 0 Å². The van der Waals surface area contributed by atoms with E-state index in [1.165, 1.54) is 29.5 Å². The van der Waals surface area contributed by atoms with Crippen molar-refractivity contribution in [2.75, 3.05) is 13.1 Å². The number of sulfonamides is 1. The Morgan fingerprint density at radius 2 is 1.79 bits per heavy atom. The van der Waals surface area contributed by atoms with E-state index < -0.39 is 10.0 Å². The summed E-state index contributed by atoms with van der Waals surface area (Å²) >= 11 is 1.76. The number of hydrogen-bond acceptors (Lipinski definition) is 4. The van der Waals surface area contributed by atoms with Crippen LogP contribution in [0.2, 0.25) is 0 Å². The number of rotatable bonds is 6. The first-order valence-corrected chi connectivity index (χ1v) is 15.0. The molecule has 0 bridgehead atoms. The van der Waals surface area contributed by atoms with Crippen LogP contribution in [0.4, 0.5) is 0 Å². The first-order valence-electron chi connectivity index (χ1n) is 12.5. The molecule has 0 unspecified atom stereocenters. The zero-order chi connectivity index (χ0) is 23.9. The van der Waals surface area contributed by atoms with Gasteiger partial charge in [0.15, 0.2) is 5.16 Å². The van der Waals surface area contributed by atoms with E-state index in [1.807, 2.05) is 6.07 Å². The maximum atomic E-state index is 13.4. The highest BCUT2D eigenvalue weighted by Crippen LogP contribution is 2.38. The number of imidazole rings is 1. The van der Waals surface area contributed by atoms with Gasteiger partial charge in [0.1, 0.15) is 0 Å². The molecule has 7 heteroatoms. The van der Waals surface area contributed by atoms with Crippen LogP contribution in [0.25, 0.3) is 11.0 Å². The second-order valence-corrected chi connectivity index (χ2v) is 13.1. The van der Waals surface area contributed by atoms with Gasteiger partial charge in [0.05, 0.1) is 15.9 Å². The molecule has 1 saturated heterocycles. The lowest BCUT2D eigenvalue weighted by Gasteiger charge is -2.30. The Labute approximate surface area is 208 Å². The topological polar surface area (TPSA) is 55.2 Å². The van der Waals surface area contributed by atoms with Gasteiger partial charge in [-0.25, -0.2) is 13.4 Å². The standard InChI is InChI=1S/C27H35N3O2S2/c1-19-7-6-14-29(17-19)34(31,32)24-12-13-26-25(16-24)28-27(30(26)23-8-4-5-9-23)33-18-22-11-10-20(2)21(3)15-22/h10-13,15-16,19,23H,4-9,14,17-18H2,1-3H3/t19-/m1/s1. The van der Waals surface area contributed by atoms with Crippen molar-refractivity contribution in [2.45, 2.75) is 81.1 Å². The summed E-state index contributed by atoms with van der Waals surface area (Å²) in [7, 11) is -3.50. The van der Waals surface area contributed by atoms with Gasteiger partial charge in [0.2, 0.25) is 10.0 Å². The lowest BCUT2D eigenvalue weighted by molar-refractivity contribution is 0.281. The molecule has 2 fully saturated rings. The molecule has 0 N–H and O–H groups in total. The first-order chi connectivity index (χ1) is 16.3. The van der Waals surface area contributed by atoms with Crippen molar-refractivity contribution < 1.29 is 8.42 Å². The smallest absolute Gasteiger partial charge is 0.243 e. The highest BCUT2D eigenvalue weighted by atomic mass is 32.2. The summed E-state index contributed by atoms with van der Waals surface area (Å²) < 4.78 is 30.8. The third-order valence-corrected chi connectivity index (χ3v) is 10.4. The van der Waals surface area contributed by atoms with Gasteiger partial charge in [0, 0.05) is 24.9 Å². The largest absolute Gasteiger partial charge is 0.316 e. The summed E-state index contributed by atoms with van der Waals surface area (Å²) in [6.45, 7) is 7.64. The number of hydrogen-bond donors (Lipinski definition) is 0. The molecular weight excluding hydrogens is 462 g/mol. The maximum absolute atomic E-state index is 13.4. The average molecular weight is 498 g/mol. The molecule has 182 valence electrons. The molecule has 0 spiro atoms. The third kappa shape index (κ3) is 4.67. The second kappa shape index (κ2) is 9.67. The van der Waals surface area contributed by atoms with E-state index in [0.717, 1.165) is 47.6 Å². The van der Waals surface area contributed by atoms with Crippen LogP contribution in [0.1, 0.15) is 68.2 Å². The summed E-state index contributed by atoms with van der Waals surface area (Å²) in [4.78, 5) is 5.36. The lowest BCUT2D eigenvalue weighted by atomic mass is 10.0. The van der Waals surface area contributed by atoms with Crippen molar-refractivity contribution in [1.29, 1.82) is 0 Å². The molecule has 2 aliphatic rings. The Morgan fingerprint density at radius 3 is 2.53 bits per heavy atom. The molecule has 1 aliphatic heterocycles. The van der Waals surface area contributed by atoms with Crippen molar-refractivity contribution in [3.8, 4) is 0 Å². The van der Waals surface area contributed by atoms with Crippen LogP contribution in [0.3, 0.4) is 0 Å². The van der Waals surface area contributed by atoms with Crippen LogP contribution in [0.5, 0.6) is 0 Å². The molecule has 1 atom stereocenters. The lowest BCUT2D eigenvalue weighted by Crippen LogP contribution is -2.39. The molecular formula is C27H35N3O2S2. The normalized spacial score (nSPS) is 20.4. The fourth-order valence-electron chi connectivity index (χ4n) is 5.39. The summed E-state index contributed by atoms with van der Waals surface area (Å²) in [6, 6.07) is 12.7. The molecule has 3 aromatic rings. The zero-order valence-electron chi connectivity index (χ0n) is 20.5. The van der Waals surface area contributed by atoms with Gasteiger partial charge in [-0.15, -0.1) is 0 Å². The van der Waals surface area contributed by atoms with Gasteiger partial charge in [-0.05, 0) is 80.3 Å². The van der Waals surface area contributed by atoms with E-state index in [0.29, 0.717) is 29.9 Å². The number of aromatic nitrogens is 2. The molecule has 5 rings (SSSR count). The molecule has 1 aliphatic carbocycles. The number of thioether (sulfide) groups is 1. The van der Waals surface area contributed by atoms with Crippen molar-refractivity contribution >= 4 is 32.8 Å². The maximum Gasteiger partial charge on any atom is 0.243 e. The molecule has 0 amide bonds. The monoisotopic (exact) mass is 497 g/mol. The minimum Gasteiger partial charge on any atom is -0.316 e. The SMILES string of the molecule is Cc1ccc(CSc2nc3cc(S(=O)(=O)N4CCC[C@@H](C)C4)ccc3n2C2CCCC2)cc1C. The van der Waals surface area contributed by atoms with Gasteiger partial charge in [0.25, 0.3) is 0 Å². The van der Waals surface area contributed by atoms with Crippen LogP contribution in [-0.4, -0.2) is 35.4 Å². The Bertz CT molecular complexity index is 1290. The Morgan fingerprint density at radius 1 is 1.00 bits per heavy atom. The molecule has 1 saturated carbocycles. The fourth-order valence-corrected chi connectivity index (χ4v) is 8.03. The van der Waals surface area contributed by atoms with E-state index in [4.69, 9.17) is 4.98 Å². The van der Waals surface area contributed by atoms with Crippen LogP contribution in [0, 0.1) is 19.8 Å². The van der Waals surface area contributed by atoms with Crippen LogP contribution >= 0.6 is 11.8 Å². The molecule has 2 heterocycles. The second-order valence-electron chi connectivity index (χ2n) is 10.2. The van der Waals surface area contributed by atoms with Crippen molar-refractivity contribution in [3.05, 3.63) is 53.1 Å². The quantitative estimate of drug-likeness (QED) is 0.366. The van der Waals surface area contributed by atoms with Crippen LogP contribution in [-0.2, 0) is 15.8 Å². The highest BCUT2D eigenvalue weighted by Gasteiger charge is 2.30. The molecule has 0 radical (unpaired) electrons. The van der Waals surface area contributed by atoms with Crippen molar-refractivity contribution in [3.63, 3.8) is 0 Å². The van der Waals surface area contributed by atoms with E-state index in [2.05, 4.69) is 43.5 Å². The Kier molecular flexibility index (Phi) is 6.79. The Hall–Kier alpha value is -1.83. The minimum atomic E-state index is -3.50. The van der Waals surface area contributed by atoms with Crippen LogP contribution in [0.15, 0.2) is 46.5 Å².